The predicted molar refractivity (Wildman–Crippen MR) is 53.7 cm³/mol. The molecular formula is C10H13NO3. The number of carbonyl (C=O) groups excluding carboxylic acids is 1. The van der Waals surface area contributed by atoms with E-state index in [2.05, 4.69) is 0 Å². The van der Waals surface area contributed by atoms with Crippen molar-refractivity contribution in [2.45, 2.75) is 6.42 Å². The molecule has 0 saturated heterocycles. The van der Waals surface area contributed by atoms with Gasteiger partial charge < -0.3 is 20.0 Å². The quantitative estimate of drug-likeness (QED) is 0.575. The fraction of sp³-hybridized carbons (Fsp3) is 0.300. The van der Waals surface area contributed by atoms with Crippen LogP contribution in [-0.2, 0) is 11.2 Å². The second kappa shape index (κ2) is 4.50. The molecule has 1 aromatic rings. The van der Waals surface area contributed by atoms with E-state index in [0.717, 1.165) is 11.8 Å². The van der Waals surface area contributed by atoms with E-state index in [1.807, 2.05) is 0 Å². The average molecular weight is 195 g/mol. The number of benzene rings is 1. The van der Waals surface area contributed by atoms with Crippen LogP contribution in [0.25, 0.3) is 0 Å². The summed E-state index contributed by atoms with van der Waals surface area (Å²) in [6.45, 7) is 0. The fourth-order valence-electron chi connectivity index (χ4n) is 1.30. The summed E-state index contributed by atoms with van der Waals surface area (Å²) in [5, 5.41) is 0. The Morgan fingerprint density at radius 2 is 1.93 bits per heavy atom. The number of anilines is 1. The molecule has 0 saturated carbocycles. The Balaban J connectivity index is 3.24. The third kappa shape index (κ3) is 1.79. The van der Waals surface area contributed by atoms with Gasteiger partial charge in [-0.05, 0) is 6.07 Å². The van der Waals surface area contributed by atoms with Crippen LogP contribution < -0.4 is 15.2 Å². The fourth-order valence-corrected chi connectivity index (χ4v) is 1.30. The van der Waals surface area contributed by atoms with Crippen molar-refractivity contribution in [3.05, 3.63) is 17.7 Å². The van der Waals surface area contributed by atoms with Crippen LogP contribution in [0, 0.1) is 0 Å². The van der Waals surface area contributed by atoms with Gasteiger partial charge in [0, 0.05) is 12.0 Å². The molecule has 0 heterocycles. The standard InChI is InChI=1S/C10H13NO3/c1-13-9-7(5-6-12)3-4-8(11)10(9)14-2/h3-4,6H,5,11H2,1-2H3. The monoisotopic (exact) mass is 195 g/mol. The molecule has 0 aromatic heterocycles. The van der Waals surface area contributed by atoms with Gasteiger partial charge in [-0.3, -0.25) is 0 Å². The number of methoxy groups -OCH3 is 2. The minimum atomic E-state index is 0.291. The summed E-state index contributed by atoms with van der Waals surface area (Å²) in [4.78, 5) is 10.4. The van der Waals surface area contributed by atoms with E-state index >= 15 is 0 Å². The lowest BCUT2D eigenvalue weighted by molar-refractivity contribution is -0.107. The summed E-state index contributed by atoms with van der Waals surface area (Å²) in [7, 11) is 3.03. The van der Waals surface area contributed by atoms with Crippen molar-refractivity contribution in [1.82, 2.24) is 0 Å². The highest BCUT2D eigenvalue weighted by atomic mass is 16.5. The van der Waals surface area contributed by atoms with Crippen LogP contribution in [0.5, 0.6) is 11.5 Å². The zero-order valence-corrected chi connectivity index (χ0v) is 8.24. The van der Waals surface area contributed by atoms with Crippen LogP contribution in [0.2, 0.25) is 0 Å². The number of rotatable bonds is 4. The van der Waals surface area contributed by atoms with Gasteiger partial charge in [0.25, 0.3) is 0 Å². The Kier molecular flexibility index (Phi) is 3.34. The number of carbonyl (C=O) groups is 1. The van der Waals surface area contributed by atoms with Crippen molar-refractivity contribution < 1.29 is 14.3 Å². The summed E-state index contributed by atoms with van der Waals surface area (Å²) >= 11 is 0. The third-order valence-electron chi connectivity index (χ3n) is 1.94. The maximum atomic E-state index is 10.4. The first-order valence-corrected chi connectivity index (χ1v) is 4.17. The normalized spacial score (nSPS) is 9.57. The van der Waals surface area contributed by atoms with Gasteiger partial charge in [-0.2, -0.15) is 0 Å². The molecular weight excluding hydrogens is 182 g/mol. The van der Waals surface area contributed by atoms with Gasteiger partial charge in [0.15, 0.2) is 11.5 Å². The van der Waals surface area contributed by atoms with Gasteiger partial charge in [0.2, 0.25) is 0 Å². The summed E-state index contributed by atoms with van der Waals surface area (Å²) in [6, 6.07) is 3.45. The van der Waals surface area contributed by atoms with Gasteiger partial charge >= 0.3 is 0 Å². The molecule has 0 radical (unpaired) electrons. The van der Waals surface area contributed by atoms with E-state index in [-0.39, 0.29) is 0 Å². The van der Waals surface area contributed by atoms with Crippen molar-refractivity contribution in [1.29, 1.82) is 0 Å². The molecule has 0 atom stereocenters. The molecule has 0 aliphatic rings. The Morgan fingerprint density at radius 3 is 2.43 bits per heavy atom. The molecule has 4 nitrogen and oxygen atoms in total. The molecule has 0 fully saturated rings. The maximum absolute atomic E-state index is 10.4. The number of nitrogen functional groups attached to an aromatic ring is 1. The molecule has 0 aliphatic heterocycles. The highest BCUT2D eigenvalue weighted by Crippen LogP contribution is 2.36. The van der Waals surface area contributed by atoms with Gasteiger partial charge in [0.1, 0.15) is 6.29 Å². The summed E-state index contributed by atoms with van der Waals surface area (Å²) < 4.78 is 10.2. The Hall–Kier alpha value is -1.71. The first-order chi connectivity index (χ1) is 6.74. The Morgan fingerprint density at radius 1 is 1.29 bits per heavy atom. The molecule has 0 amide bonds. The molecule has 1 rings (SSSR count). The molecule has 76 valence electrons. The molecule has 0 bridgehead atoms. The van der Waals surface area contributed by atoms with Crippen LogP contribution >= 0.6 is 0 Å². The average Bonchev–Trinajstić information content (AvgIpc) is 2.20. The van der Waals surface area contributed by atoms with Gasteiger partial charge in [-0.15, -0.1) is 0 Å². The zero-order chi connectivity index (χ0) is 10.6. The first-order valence-electron chi connectivity index (χ1n) is 4.17. The minimum Gasteiger partial charge on any atom is -0.492 e. The SMILES string of the molecule is COc1c(N)ccc(CC=O)c1OC. The van der Waals surface area contributed by atoms with E-state index < -0.39 is 0 Å². The number of hydrogen-bond acceptors (Lipinski definition) is 4. The lowest BCUT2D eigenvalue weighted by Gasteiger charge is -2.12. The second-order valence-electron chi connectivity index (χ2n) is 2.75. The molecule has 2 N–H and O–H groups in total. The number of ether oxygens (including phenoxy) is 2. The summed E-state index contributed by atoms with van der Waals surface area (Å²) in [5.74, 6) is 1.01. The second-order valence-corrected chi connectivity index (χ2v) is 2.75. The Labute approximate surface area is 82.6 Å². The van der Waals surface area contributed by atoms with Crippen molar-refractivity contribution in [2.75, 3.05) is 20.0 Å². The van der Waals surface area contributed by atoms with Gasteiger partial charge in [-0.1, -0.05) is 6.07 Å². The first kappa shape index (κ1) is 10.4. The van der Waals surface area contributed by atoms with Crippen molar-refractivity contribution in [2.24, 2.45) is 0 Å². The zero-order valence-electron chi connectivity index (χ0n) is 8.24. The largest absolute Gasteiger partial charge is 0.492 e. The van der Waals surface area contributed by atoms with E-state index in [4.69, 9.17) is 15.2 Å². The molecule has 0 spiro atoms. The Bertz CT molecular complexity index is 336. The molecule has 1 aromatic carbocycles. The lowest BCUT2D eigenvalue weighted by atomic mass is 10.1. The van der Waals surface area contributed by atoms with Gasteiger partial charge in [0.05, 0.1) is 19.9 Å². The smallest absolute Gasteiger partial charge is 0.184 e. The van der Waals surface area contributed by atoms with E-state index in [0.29, 0.717) is 23.6 Å². The molecule has 0 aliphatic carbocycles. The van der Waals surface area contributed by atoms with Gasteiger partial charge in [-0.25, -0.2) is 0 Å². The minimum absolute atomic E-state index is 0.291. The van der Waals surface area contributed by atoms with Crippen LogP contribution in [0.15, 0.2) is 12.1 Å². The summed E-state index contributed by atoms with van der Waals surface area (Å²) in [5.41, 5.74) is 6.95. The highest BCUT2D eigenvalue weighted by Gasteiger charge is 2.12. The lowest BCUT2D eigenvalue weighted by Crippen LogP contribution is -2.00. The van der Waals surface area contributed by atoms with Crippen LogP contribution in [-0.4, -0.2) is 20.5 Å². The summed E-state index contributed by atoms with van der Waals surface area (Å²) in [6.07, 6.45) is 1.10. The third-order valence-corrected chi connectivity index (χ3v) is 1.94. The number of hydrogen-bond donors (Lipinski definition) is 1. The van der Waals surface area contributed by atoms with Crippen LogP contribution in [0.1, 0.15) is 5.56 Å². The van der Waals surface area contributed by atoms with Crippen molar-refractivity contribution >= 4 is 12.0 Å². The topological polar surface area (TPSA) is 61.5 Å². The highest BCUT2D eigenvalue weighted by molar-refractivity contribution is 5.67. The number of nitrogens with two attached hydrogens (primary N) is 1. The maximum Gasteiger partial charge on any atom is 0.184 e. The van der Waals surface area contributed by atoms with Crippen LogP contribution in [0.3, 0.4) is 0 Å². The van der Waals surface area contributed by atoms with E-state index in [9.17, 15) is 4.79 Å². The van der Waals surface area contributed by atoms with E-state index in [1.165, 1.54) is 14.2 Å². The predicted octanol–water partition coefficient (Wildman–Crippen LogP) is 1.03. The van der Waals surface area contributed by atoms with Crippen molar-refractivity contribution in [3.8, 4) is 11.5 Å². The molecule has 4 heteroatoms. The van der Waals surface area contributed by atoms with Crippen molar-refractivity contribution in [3.63, 3.8) is 0 Å². The molecule has 0 unspecified atom stereocenters. The van der Waals surface area contributed by atoms with E-state index in [1.54, 1.807) is 12.1 Å². The van der Waals surface area contributed by atoms with Crippen LogP contribution in [0.4, 0.5) is 5.69 Å². The number of aldehydes is 1. The molecule has 14 heavy (non-hydrogen) atoms.